The Hall–Kier alpha value is -3.05. The van der Waals surface area contributed by atoms with Crippen LogP contribution in [-0.2, 0) is 42.5 Å². The Morgan fingerprint density at radius 2 is 1.77 bits per heavy atom. The van der Waals surface area contributed by atoms with Crippen molar-refractivity contribution in [1.82, 2.24) is 9.99 Å². The molecule has 3 aliphatic rings. The van der Waals surface area contributed by atoms with Crippen molar-refractivity contribution in [2.45, 2.75) is 57.3 Å². The Bertz CT molecular complexity index is 1080. The Morgan fingerprint density at radius 3 is 2.49 bits per heavy atom. The monoisotopic (exact) mass is 508 g/mol. The van der Waals surface area contributed by atoms with Crippen LogP contribution in [0.1, 0.15) is 26.7 Å². The van der Waals surface area contributed by atoms with Gasteiger partial charge in [0.15, 0.2) is 11.9 Å². The summed E-state index contributed by atoms with van der Waals surface area (Å²) in [5, 5.41) is 2.53. The van der Waals surface area contributed by atoms with Crippen molar-refractivity contribution in [2.75, 3.05) is 6.61 Å². The lowest BCUT2D eigenvalue weighted by Crippen LogP contribution is -2.42. The third-order valence-electron chi connectivity index (χ3n) is 5.50. The van der Waals surface area contributed by atoms with Gasteiger partial charge >= 0.3 is 19.7 Å². The Morgan fingerprint density at radius 1 is 1.03 bits per heavy atom. The molecule has 13 heteroatoms. The van der Waals surface area contributed by atoms with Gasteiger partial charge in [0.1, 0.15) is 30.2 Å². The fourth-order valence-corrected chi connectivity index (χ4v) is 5.19. The van der Waals surface area contributed by atoms with Crippen molar-refractivity contribution < 1.29 is 47.0 Å². The van der Waals surface area contributed by atoms with Crippen LogP contribution < -0.4 is 9.61 Å². The van der Waals surface area contributed by atoms with Crippen molar-refractivity contribution in [3.63, 3.8) is 0 Å². The van der Waals surface area contributed by atoms with Gasteiger partial charge in [-0.2, -0.15) is 5.09 Å². The first-order chi connectivity index (χ1) is 16.6. The zero-order valence-electron chi connectivity index (χ0n) is 19.0. The summed E-state index contributed by atoms with van der Waals surface area (Å²) >= 11 is 0. The SMILES string of the molecule is C[C@@H]1NP(=O)(Oc2ccccc2)OC[C@H]2O[C@@H](N3C=CC(=O)CC3=O)C[C@@H]2OC(=O)[C@H](C)OC1=O. The van der Waals surface area contributed by atoms with Gasteiger partial charge in [-0.15, -0.1) is 0 Å². The molecule has 12 nitrogen and oxygen atoms in total. The molecule has 1 N–H and O–H groups in total. The molecule has 0 aliphatic carbocycles. The minimum Gasteiger partial charge on any atom is -0.457 e. The van der Waals surface area contributed by atoms with E-state index in [-0.39, 0.29) is 31.0 Å². The van der Waals surface area contributed by atoms with E-state index in [1.807, 2.05) is 0 Å². The number of ketones is 1. The summed E-state index contributed by atoms with van der Waals surface area (Å²) in [5.74, 6) is -2.25. The number of esters is 2. The van der Waals surface area contributed by atoms with Crippen LogP contribution in [0.3, 0.4) is 0 Å². The van der Waals surface area contributed by atoms with Gasteiger partial charge in [0.05, 0.1) is 13.0 Å². The van der Waals surface area contributed by atoms with Crippen LogP contribution in [0.5, 0.6) is 5.75 Å². The summed E-state index contributed by atoms with van der Waals surface area (Å²) in [6.07, 6.45) is -1.66. The molecular formula is C22H25N2O10P. The third kappa shape index (κ3) is 5.96. The second kappa shape index (κ2) is 10.3. The van der Waals surface area contributed by atoms with Crippen LogP contribution in [-0.4, -0.2) is 65.7 Å². The molecule has 1 aromatic carbocycles. The molecule has 1 aromatic rings. The summed E-state index contributed by atoms with van der Waals surface area (Å²) in [6.45, 7) is 2.38. The summed E-state index contributed by atoms with van der Waals surface area (Å²) in [6, 6.07) is 7.06. The largest absolute Gasteiger partial charge is 0.459 e. The number of rotatable bonds is 3. The second-order valence-electron chi connectivity index (χ2n) is 8.23. The maximum atomic E-state index is 13.6. The first kappa shape index (κ1) is 25.1. The Balaban J connectivity index is 1.58. The molecular weight excluding hydrogens is 483 g/mol. The zero-order chi connectivity index (χ0) is 25.2. The van der Waals surface area contributed by atoms with Gasteiger partial charge in [-0.05, 0) is 32.1 Å². The highest BCUT2D eigenvalue weighted by Gasteiger charge is 2.45. The van der Waals surface area contributed by atoms with E-state index in [4.69, 9.17) is 23.3 Å². The summed E-state index contributed by atoms with van der Waals surface area (Å²) < 4.78 is 41.3. The number of cyclic esters (lactones) is 1. The topological polar surface area (TPSA) is 147 Å². The van der Waals surface area contributed by atoms with Crippen LogP contribution in [0.2, 0.25) is 0 Å². The second-order valence-corrected chi connectivity index (χ2v) is 9.92. The molecule has 0 spiro atoms. The lowest BCUT2D eigenvalue weighted by atomic mass is 10.1. The van der Waals surface area contributed by atoms with Crippen molar-refractivity contribution in [3.05, 3.63) is 42.6 Å². The first-order valence-corrected chi connectivity index (χ1v) is 12.5. The van der Waals surface area contributed by atoms with E-state index in [1.165, 1.54) is 31.0 Å². The molecule has 2 fully saturated rings. The molecule has 3 heterocycles. The number of nitrogens with zero attached hydrogens (tertiary/aromatic N) is 1. The Labute approximate surface area is 201 Å². The fourth-order valence-electron chi connectivity index (χ4n) is 3.69. The normalized spacial score (nSPS) is 34.3. The molecule has 0 saturated carbocycles. The molecule has 0 radical (unpaired) electrons. The van der Waals surface area contributed by atoms with E-state index < -0.39 is 56.2 Å². The molecule has 1 unspecified atom stereocenters. The predicted molar refractivity (Wildman–Crippen MR) is 118 cm³/mol. The quantitative estimate of drug-likeness (QED) is 0.359. The number of nitrogens with one attached hydrogen (secondary N) is 1. The number of hydrogen-bond donors (Lipinski definition) is 1. The number of para-hydroxylation sites is 1. The standard InChI is InChI=1S/C22H25N2O10P/c1-13-21(27)31-14(2)22(28)33-17-11-20(24-9-8-15(25)10-19(24)26)32-18(17)12-30-35(29,23-13)34-16-6-4-3-5-7-16/h3-9,13-14,17-18,20H,10-12H2,1-2H3,(H,23,29)/t13-,14-,17-,18+,20+,35?/m0/s1. The van der Waals surface area contributed by atoms with Crippen LogP contribution in [0, 0.1) is 0 Å². The van der Waals surface area contributed by atoms with E-state index in [0.29, 0.717) is 0 Å². The minimum atomic E-state index is -4.15. The highest BCUT2D eigenvalue weighted by Crippen LogP contribution is 2.46. The lowest BCUT2D eigenvalue weighted by molar-refractivity contribution is -0.173. The van der Waals surface area contributed by atoms with Gasteiger partial charge in [0.25, 0.3) is 0 Å². The van der Waals surface area contributed by atoms with Gasteiger partial charge < -0.3 is 18.7 Å². The zero-order valence-corrected chi connectivity index (χ0v) is 19.9. The van der Waals surface area contributed by atoms with E-state index in [1.54, 1.807) is 30.3 Å². The number of fused-ring (bicyclic) bond motifs is 1. The van der Waals surface area contributed by atoms with Crippen LogP contribution in [0.25, 0.3) is 0 Å². The smallest absolute Gasteiger partial charge is 0.457 e. The summed E-state index contributed by atoms with van der Waals surface area (Å²) in [5.41, 5.74) is 0. The van der Waals surface area contributed by atoms with Crippen LogP contribution in [0.15, 0.2) is 42.6 Å². The number of carbonyl (C=O) groups is 4. The van der Waals surface area contributed by atoms with Crippen molar-refractivity contribution >= 4 is 31.4 Å². The minimum absolute atomic E-state index is 0.0539. The number of allylic oxidation sites excluding steroid dienone is 1. The van der Waals surface area contributed by atoms with E-state index in [9.17, 15) is 23.7 Å². The molecule has 3 aliphatic heterocycles. The van der Waals surface area contributed by atoms with Gasteiger partial charge in [-0.25, -0.2) is 9.36 Å². The van der Waals surface area contributed by atoms with Gasteiger partial charge in [0, 0.05) is 12.6 Å². The number of carbonyl (C=O) groups excluding carboxylic acids is 4. The maximum Gasteiger partial charge on any atom is 0.459 e. The molecule has 188 valence electrons. The van der Waals surface area contributed by atoms with E-state index in [2.05, 4.69) is 5.09 Å². The van der Waals surface area contributed by atoms with Crippen molar-refractivity contribution in [3.8, 4) is 5.75 Å². The molecule has 0 aromatic heterocycles. The molecule has 0 bridgehead atoms. The fraction of sp³-hybridized carbons (Fsp3) is 0.455. The molecule has 35 heavy (non-hydrogen) atoms. The number of hydrogen-bond acceptors (Lipinski definition) is 10. The molecule has 2 saturated heterocycles. The molecule has 1 amide bonds. The van der Waals surface area contributed by atoms with E-state index >= 15 is 0 Å². The van der Waals surface area contributed by atoms with Crippen molar-refractivity contribution in [1.29, 1.82) is 0 Å². The third-order valence-corrected chi connectivity index (χ3v) is 7.14. The van der Waals surface area contributed by atoms with Crippen LogP contribution >= 0.6 is 7.75 Å². The van der Waals surface area contributed by atoms with Gasteiger partial charge in [0.2, 0.25) is 5.91 Å². The average molecular weight is 508 g/mol. The van der Waals surface area contributed by atoms with Crippen LogP contribution in [0.4, 0.5) is 0 Å². The summed E-state index contributed by atoms with van der Waals surface area (Å²) in [4.78, 5) is 50.1. The summed E-state index contributed by atoms with van der Waals surface area (Å²) in [7, 11) is -4.15. The Kier molecular flexibility index (Phi) is 7.36. The van der Waals surface area contributed by atoms with Crippen molar-refractivity contribution in [2.24, 2.45) is 0 Å². The van der Waals surface area contributed by atoms with Gasteiger partial charge in [-0.1, -0.05) is 18.2 Å². The maximum absolute atomic E-state index is 13.6. The molecule has 6 atom stereocenters. The van der Waals surface area contributed by atoms with E-state index in [0.717, 1.165) is 0 Å². The number of amides is 1. The number of benzene rings is 1. The highest BCUT2D eigenvalue weighted by atomic mass is 31.2. The lowest BCUT2D eigenvalue weighted by Gasteiger charge is -2.28. The highest BCUT2D eigenvalue weighted by molar-refractivity contribution is 7.52. The number of ether oxygens (including phenoxy) is 3. The predicted octanol–water partition coefficient (Wildman–Crippen LogP) is 1.46. The van der Waals surface area contributed by atoms with Gasteiger partial charge in [-0.3, -0.25) is 23.8 Å². The first-order valence-electron chi connectivity index (χ1n) is 11.0. The molecule has 4 rings (SSSR count). The average Bonchev–Trinajstić information content (AvgIpc) is 3.19.